The summed E-state index contributed by atoms with van der Waals surface area (Å²) in [7, 11) is 0. The normalized spacial score (nSPS) is 11.6. The summed E-state index contributed by atoms with van der Waals surface area (Å²) < 4.78 is 4.82. The van der Waals surface area contributed by atoms with Gasteiger partial charge in [-0.15, -0.1) is 0 Å². The molecule has 0 bridgehead atoms. The lowest BCUT2D eigenvalue weighted by molar-refractivity contribution is 1.18. The first-order valence-electron chi connectivity index (χ1n) is 22.6. The van der Waals surface area contributed by atoms with Gasteiger partial charge in [-0.05, 0) is 111 Å². The lowest BCUT2D eigenvalue weighted by Crippen LogP contribution is -1.95. The van der Waals surface area contributed by atoms with Crippen LogP contribution in [0.3, 0.4) is 0 Å². The number of pyridine rings is 1. The van der Waals surface area contributed by atoms with E-state index in [1.807, 2.05) is 12.1 Å². The Morgan fingerprint density at radius 1 is 0.242 bits per heavy atom. The van der Waals surface area contributed by atoms with Crippen LogP contribution in [0, 0.1) is 0 Å². The van der Waals surface area contributed by atoms with Crippen LogP contribution >= 0.6 is 0 Å². The van der Waals surface area contributed by atoms with Crippen LogP contribution in [0.1, 0.15) is 0 Å². The van der Waals surface area contributed by atoms with Gasteiger partial charge in [0, 0.05) is 44.0 Å². The fourth-order valence-electron chi connectivity index (χ4n) is 10.1. The number of benzene rings is 10. The molecule has 0 fully saturated rings. The molecule has 66 heavy (non-hydrogen) atoms. The van der Waals surface area contributed by atoms with E-state index >= 15 is 0 Å². The van der Waals surface area contributed by atoms with Crippen LogP contribution < -0.4 is 0 Å². The third kappa shape index (κ3) is 6.32. The molecule has 0 atom stereocenters. The minimum absolute atomic E-state index is 0.959. The van der Waals surface area contributed by atoms with Gasteiger partial charge in [0.2, 0.25) is 0 Å². The van der Waals surface area contributed by atoms with Crippen molar-refractivity contribution in [1.82, 2.24) is 14.1 Å². The van der Waals surface area contributed by atoms with Crippen molar-refractivity contribution in [3.8, 4) is 67.3 Å². The first kappa shape index (κ1) is 37.7. The maximum absolute atomic E-state index is 5.11. The van der Waals surface area contributed by atoms with Gasteiger partial charge in [0.1, 0.15) is 0 Å². The highest BCUT2D eigenvalue weighted by atomic mass is 15.0. The zero-order valence-electron chi connectivity index (χ0n) is 36.0. The molecule has 13 rings (SSSR count). The fourth-order valence-corrected chi connectivity index (χ4v) is 10.1. The average Bonchev–Trinajstić information content (AvgIpc) is 3.91. The Morgan fingerprint density at radius 3 is 1.38 bits per heavy atom. The van der Waals surface area contributed by atoms with Crippen LogP contribution in [0.2, 0.25) is 0 Å². The van der Waals surface area contributed by atoms with E-state index < -0.39 is 0 Å². The zero-order valence-corrected chi connectivity index (χ0v) is 36.0. The van der Waals surface area contributed by atoms with Gasteiger partial charge in [-0.25, -0.2) is 4.98 Å². The van der Waals surface area contributed by atoms with Gasteiger partial charge in [-0.2, -0.15) is 0 Å². The van der Waals surface area contributed by atoms with Crippen molar-refractivity contribution < 1.29 is 0 Å². The molecule has 3 heteroatoms. The van der Waals surface area contributed by atoms with Gasteiger partial charge in [0.15, 0.2) is 0 Å². The summed E-state index contributed by atoms with van der Waals surface area (Å²) in [5.74, 6) is 0. The van der Waals surface area contributed by atoms with Crippen LogP contribution in [0.5, 0.6) is 0 Å². The second kappa shape index (κ2) is 15.5. The Labute approximate surface area is 382 Å². The highest BCUT2D eigenvalue weighted by Gasteiger charge is 2.17. The fraction of sp³-hybridized carbons (Fsp3) is 0. The number of aromatic nitrogens is 3. The summed E-state index contributed by atoms with van der Waals surface area (Å²) >= 11 is 0. The summed E-state index contributed by atoms with van der Waals surface area (Å²) in [5.41, 5.74) is 18.2. The molecule has 0 radical (unpaired) electrons. The molecule has 0 aliphatic rings. The first-order chi connectivity index (χ1) is 32.7. The molecule has 0 aliphatic heterocycles. The maximum atomic E-state index is 5.11. The maximum Gasteiger partial charge on any atom is 0.0715 e. The van der Waals surface area contributed by atoms with Gasteiger partial charge < -0.3 is 9.13 Å². The largest absolute Gasteiger partial charge is 0.309 e. The van der Waals surface area contributed by atoms with E-state index in [2.05, 4.69) is 246 Å². The van der Waals surface area contributed by atoms with E-state index in [-0.39, 0.29) is 0 Å². The van der Waals surface area contributed by atoms with Crippen LogP contribution in [0.25, 0.3) is 122 Å². The summed E-state index contributed by atoms with van der Waals surface area (Å²) in [6, 6.07) is 90.0. The van der Waals surface area contributed by atoms with E-state index in [1.165, 1.54) is 76.6 Å². The molecule has 0 saturated carbocycles. The van der Waals surface area contributed by atoms with Crippen molar-refractivity contribution in [3.63, 3.8) is 0 Å². The third-order valence-corrected chi connectivity index (χ3v) is 13.3. The predicted octanol–water partition coefficient (Wildman–Crippen LogP) is 16.8. The van der Waals surface area contributed by atoms with Crippen molar-refractivity contribution in [2.24, 2.45) is 0 Å². The van der Waals surface area contributed by atoms with Crippen LogP contribution in [0.15, 0.2) is 249 Å². The van der Waals surface area contributed by atoms with E-state index in [0.29, 0.717) is 0 Å². The summed E-state index contributed by atoms with van der Waals surface area (Å²) in [6.07, 6.45) is 0. The minimum Gasteiger partial charge on any atom is -0.309 e. The van der Waals surface area contributed by atoms with E-state index in [4.69, 9.17) is 4.98 Å². The lowest BCUT2D eigenvalue weighted by atomic mass is 9.98. The second-order valence-corrected chi connectivity index (χ2v) is 17.1. The molecule has 308 valence electrons. The van der Waals surface area contributed by atoms with Gasteiger partial charge in [-0.1, -0.05) is 182 Å². The molecule has 3 nitrogen and oxygen atoms in total. The first-order valence-corrected chi connectivity index (χ1v) is 22.6. The summed E-state index contributed by atoms with van der Waals surface area (Å²) in [4.78, 5) is 5.11. The molecule has 10 aromatic carbocycles. The molecule has 0 N–H and O–H groups in total. The lowest BCUT2D eigenvalue weighted by Gasteiger charge is -2.12. The molecule has 0 spiro atoms. The second-order valence-electron chi connectivity index (χ2n) is 17.1. The molecule has 0 saturated heterocycles. The number of hydrogen-bond acceptors (Lipinski definition) is 1. The molecule has 13 aromatic rings. The molecule has 0 amide bonds. The molecule has 0 unspecified atom stereocenters. The SMILES string of the molecule is c1ccc(-c2cc(-c3ccc(-n4c5ccccc5c5cc(-c6ccc7c8ccccc8n(-c8ccc(-c9cccc%10ccccc9%10)cc8)c7c6)ccc54)cc3)cc(-c3ccccc3)n2)cc1. The van der Waals surface area contributed by atoms with Crippen LogP contribution in [0.4, 0.5) is 0 Å². The van der Waals surface area contributed by atoms with Crippen molar-refractivity contribution in [3.05, 3.63) is 249 Å². The number of rotatable bonds is 7. The number of hydrogen-bond donors (Lipinski definition) is 0. The standard InChI is InChI=1S/C63H41N3/c1-3-15-45(16-4-1)58-39-49(40-59(64-58)46-17-5-2-6-18-46)42-26-32-50(33-27-42)65-61-25-12-10-22-55(61)57-38-47(31-37-62(57)65)48-30-36-56-54-21-9-11-24-60(54)66(63(56)41-48)51-34-28-44(29-35-51)53-23-13-19-43-14-7-8-20-52(43)53/h1-41H. The van der Waals surface area contributed by atoms with Gasteiger partial charge in [0.25, 0.3) is 0 Å². The van der Waals surface area contributed by atoms with Gasteiger partial charge in [-0.3, -0.25) is 0 Å². The number of para-hydroxylation sites is 2. The van der Waals surface area contributed by atoms with Crippen LogP contribution in [-0.4, -0.2) is 14.1 Å². The Kier molecular flexibility index (Phi) is 8.85. The van der Waals surface area contributed by atoms with Gasteiger partial charge >= 0.3 is 0 Å². The highest BCUT2D eigenvalue weighted by Crippen LogP contribution is 2.40. The van der Waals surface area contributed by atoms with E-state index in [0.717, 1.165) is 45.0 Å². The summed E-state index contributed by atoms with van der Waals surface area (Å²) in [5, 5.41) is 7.47. The van der Waals surface area contributed by atoms with Crippen LogP contribution in [-0.2, 0) is 0 Å². The van der Waals surface area contributed by atoms with E-state index in [1.54, 1.807) is 0 Å². The quantitative estimate of drug-likeness (QED) is 0.157. The summed E-state index contributed by atoms with van der Waals surface area (Å²) in [6.45, 7) is 0. The predicted molar refractivity (Wildman–Crippen MR) is 278 cm³/mol. The van der Waals surface area contributed by atoms with Crippen molar-refractivity contribution in [2.45, 2.75) is 0 Å². The molecular weight excluding hydrogens is 799 g/mol. The Morgan fingerprint density at radius 2 is 0.712 bits per heavy atom. The Balaban J connectivity index is 0.890. The minimum atomic E-state index is 0.959. The Hall–Kier alpha value is -8.79. The average molecular weight is 840 g/mol. The van der Waals surface area contributed by atoms with Gasteiger partial charge in [0.05, 0.1) is 33.5 Å². The number of fused-ring (bicyclic) bond motifs is 7. The van der Waals surface area contributed by atoms with E-state index in [9.17, 15) is 0 Å². The molecule has 3 aromatic heterocycles. The monoisotopic (exact) mass is 839 g/mol. The van der Waals surface area contributed by atoms with Crippen molar-refractivity contribution in [1.29, 1.82) is 0 Å². The van der Waals surface area contributed by atoms with Crippen molar-refractivity contribution >= 4 is 54.4 Å². The zero-order chi connectivity index (χ0) is 43.6. The third-order valence-electron chi connectivity index (χ3n) is 13.3. The topological polar surface area (TPSA) is 22.8 Å². The highest BCUT2D eigenvalue weighted by molar-refractivity contribution is 6.12. The molecular formula is C63H41N3. The van der Waals surface area contributed by atoms with Crippen molar-refractivity contribution in [2.75, 3.05) is 0 Å². The Bertz CT molecular complexity index is 3890. The smallest absolute Gasteiger partial charge is 0.0715 e. The number of nitrogens with zero attached hydrogens (tertiary/aromatic N) is 3. The molecule has 3 heterocycles. The molecule has 0 aliphatic carbocycles.